The number of hydrogen-bond donors (Lipinski definition) is 1. The fourth-order valence-electron chi connectivity index (χ4n) is 1.57. The fraction of sp³-hybridized carbons (Fsp3) is 0.0833. The van der Waals surface area contributed by atoms with Crippen LogP contribution in [-0.4, -0.2) is 29.1 Å². The van der Waals surface area contributed by atoms with Gasteiger partial charge in [0.2, 0.25) is 0 Å². The number of fused-ring (bicyclic) bond motifs is 1. The summed E-state index contributed by atoms with van der Waals surface area (Å²) in [6.45, 7) is 0. The Kier molecular flexibility index (Phi) is 3.12. The molecule has 2 aromatic rings. The number of hydrogen-bond acceptors (Lipinski definition) is 4. The van der Waals surface area contributed by atoms with Gasteiger partial charge >= 0.3 is 11.9 Å². The summed E-state index contributed by atoms with van der Waals surface area (Å²) in [6.07, 6.45) is 0. The van der Waals surface area contributed by atoms with E-state index in [1.54, 1.807) is 0 Å². The van der Waals surface area contributed by atoms with Gasteiger partial charge in [0.1, 0.15) is 0 Å². The van der Waals surface area contributed by atoms with Crippen LogP contribution in [0.3, 0.4) is 0 Å². The van der Waals surface area contributed by atoms with Crippen LogP contribution in [0.15, 0.2) is 18.2 Å². The molecule has 5 nitrogen and oxygen atoms in total. The van der Waals surface area contributed by atoms with Crippen LogP contribution in [0.25, 0.3) is 10.9 Å². The number of carbonyl (C=O) groups excluding carboxylic acids is 1. The Balaban J connectivity index is 2.77. The molecular weight excluding hydrogens is 260 g/mol. The van der Waals surface area contributed by atoms with Gasteiger partial charge in [-0.2, -0.15) is 0 Å². The average Bonchev–Trinajstić information content (AvgIpc) is 2.41. The molecule has 0 atom stereocenters. The van der Waals surface area contributed by atoms with Crippen LogP contribution in [0, 0.1) is 11.6 Å². The molecular formula is C12H7F2NO4. The molecule has 0 amide bonds. The van der Waals surface area contributed by atoms with Crippen LogP contribution >= 0.6 is 0 Å². The van der Waals surface area contributed by atoms with E-state index in [-0.39, 0.29) is 16.5 Å². The smallest absolute Gasteiger partial charge is 0.359 e. The molecule has 1 aromatic carbocycles. The van der Waals surface area contributed by atoms with Gasteiger partial charge in [0.05, 0.1) is 18.2 Å². The maximum absolute atomic E-state index is 13.7. The third-order valence-corrected chi connectivity index (χ3v) is 2.49. The van der Waals surface area contributed by atoms with E-state index in [4.69, 9.17) is 5.11 Å². The number of carbonyl (C=O) groups is 2. The molecule has 0 saturated carbocycles. The predicted molar refractivity (Wildman–Crippen MR) is 60.0 cm³/mol. The van der Waals surface area contributed by atoms with Crippen LogP contribution in [0.1, 0.15) is 20.8 Å². The number of ether oxygens (including phenoxy) is 1. The zero-order valence-corrected chi connectivity index (χ0v) is 9.61. The Morgan fingerprint density at radius 1 is 1.26 bits per heavy atom. The van der Waals surface area contributed by atoms with E-state index >= 15 is 0 Å². The number of benzene rings is 1. The van der Waals surface area contributed by atoms with Crippen molar-refractivity contribution in [1.29, 1.82) is 0 Å². The molecule has 0 aliphatic rings. The Labute approximate surface area is 105 Å². The number of pyridine rings is 1. The lowest BCUT2D eigenvalue weighted by Gasteiger charge is -2.06. The predicted octanol–water partition coefficient (Wildman–Crippen LogP) is 2.00. The molecule has 0 spiro atoms. The van der Waals surface area contributed by atoms with E-state index in [9.17, 15) is 18.4 Å². The average molecular weight is 267 g/mol. The molecule has 98 valence electrons. The second-order valence-corrected chi connectivity index (χ2v) is 3.62. The Hall–Kier alpha value is -2.57. The number of rotatable bonds is 2. The van der Waals surface area contributed by atoms with E-state index in [0.717, 1.165) is 25.3 Å². The maximum atomic E-state index is 13.7. The third-order valence-electron chi connectivity index (χ3n) is 2.49. The van der Waals surface area contributed by atoms with E-state index in [1.807, 2.05) is 0 Å². The minimum atomic E-state index is -1.43. The number of nitrogens with zero attached hydrogens (tertiary/aromatic N) is 1. The number of esters is 1. The standard InChI is InChI=1S/C12H7F2NO4/c1-19-12(18)10-9(14)8(13)6-3-2-5(11(16)17)4-7(6)15-10/h2-4H,1H3,(H,16,17). The first-order chi connectivity index (χ1) is 8.95. The Morgan fingerprint density at radius 2 is 1.95 bits per heavy atom. The zero-order valence-electron chi connectivity index (χ0n) is 9.61. The van der Waals surface area contributed by atoms with Gasteiger partial charge in [0.25, 0.3) is 0 Å². The zero-order chi connectivity index (χ0) is 14.2. The molecule has 0 aliphatic carbocycles. The second-order valence-electron chi connectivity index (χ2n) is 3.62. The highest BCUT2D eigenvalue weighted by Gasteiger charge is 2.21. The van der Waals surface area contributed by atoms with Gasteiger partial charge in [-0.05, 0) is 18.2 Å². The summed E-state index contributed by atoms with van der Waals surface area (Å²) in [4.78, 5) is 25.6. The number of aromatic nitrogens is 1. The number of carboxylic acids is 1. The summed E-state index contributed by atoms with van der Waals surface area (Å²) in [5, 5.41) is 8.59. The van der Waals surface area contributed by atoms with Crippen molar-refractivity contribution < 1.29 is 28.2 Å². The first-order valence-corrected chi connectivity index (χ1v) is 5.06. The highest BCUT2D eigenvalue weighted by atomic mass is 19.2. The van der Waals surface area contributed by atoms with Gasteiger partial charge in [-0.3, -0.25) is 0 Å². The van der Waals surface area contributed by atoms with Gasteiger partial charge in [-0.25, -0.2) is 23.4 Å². The van der Waals surface area contributed by atoms with Crippen LogP contribution in [0.2, 0.25) is 0 Å². The molecule has 1 aromatic heterocycles. The number of carboxylic acid groups (broad SMARTS) is 1. The number of aromatic carboxylic acids is 1. The van der Waals surface area contributed by atoms with Crippen LogP contribution in [0.4, 0.5) is 8.78 Å². The minimum Gasteiger partial charge on any atom is -0.478 e. The third kappa shape index (κ3) is 2.10. The van der Waals surface area contributed by atoms with E-state index in [2.05, 4.69) is 9.72 Å². The summed E-state index contributed by atoms with van der Waals surface area (Å²) in [6, 6.07) is 3.25. The van der Waals surface area contributed by atoms with Gasteiger partial charge in [-0.15, -0.1) is 0 Å². The lowest BCUT2D eigenvalue weighted by atomic mass is 10.1. The molecule has 0 bridgehead atoms. The largest absolute Gasteiger partial charge is 0.478 e. The van der Waals surface area contributed by atoms with Crippen molar-refractivity contribution in [1.82, 2.24) is 4.98 Å². The van der Waals surface area contributed by atoms with Crippen molar-refractivity contribution in [3.8, 4) is 0 Å². The van der Waals surface area contributed by atoms with Crippen LogP contribution < -0.4 is 0 Å². The van der Waals surface area contributed by atoms with E-state index < -0.39 is 29.3 Å². The first-order valence-electron chi connectivity index (χ1n) is 5.06. The number of methoxy groups -OCH3 is 1. The van der Waals surface area contributed by atoms with Crippen molar-refractivity contribution in [3.05, 3.63) is 41.1 Å². The molecule has 2 rings (SSSR count). The lowest BCUT2D eigenvalue weighted by Crippen LogP contribution is -2.10. The molecule has 0 saturated heterocycles. The SMILES string of the molecule is COC(=O)c1nc2cc(C(=O)O)ccc2c(F)c1F. The highest BCUT2D eigenvalue weighted by Crippen LogP contribution is 2.22. The molecule has 1 N–H and O–H groups in total. The highest BCUT2D eigenvalue weighted by molar-refractivity contribution is 5.95. The van der Waals surface area contributed by atoms with E-state index in [1.165, 1.54) is 0 Å². The molecule has 7 heteroatoms. The van der Waals surface area contributed by atoms with Gasteiger partial charge in [0, 0.05) is 5.39 Å². The summed E-state index contributed by atoms with van der Waals surface area (Å²) in [7, 11) is 0.999. The van der Waals surface area contributed by atoms with Crippen molar-refractivity contribution in [2.45, 2.75) is 0 Å². The molecule has 0 fully saturated rings. The van der Waals surface area contributed by atoms with Crippen molar-refractivity contribution >= 4 is 22.8 Å². The van der Waals surface area contributed by atoms with Crippen molar-refractivity contribution in [2.24, 2.45) is 0 Å². The topological polar surface area (TPSA) is 76.5 Å². The normalized spacial score (nSPS) is 10.5. The van der Waals surface area contributed by atoms with Crippen LogP contribution in [0.5, 0.6) is 0 Å². The van der Waals surface area contributed by atoms with Gasteiger partial charge < -0.3 is 9.84 Å². The molecule has 0 unspecified atom stereocenters. The summed E-state index contributed by atoms with van der Waals surface area (Å²) < 4.78 is 31.6. The summed E-state index contributed by atoms with van der Waals surface area (Å²) in [5.41, 5.74) is -1.11. The molecule has 0 aliphatic heterocycles. The van der Waals surface area contributed by atoms with Gasteiger partial charge in [0.15, 0.2) is 17.3 Å². The van der Waals surface area contributed by atoms with Crippen molar-refractivity contribution in [3.63, 3.8) is 0 Å². The monoisotopic (exact) mass is 267 g/mol. The quantitative estimate of drug-likeness (QED) is 0.842. The molecule has 19 heavy (non-hydrogen) atoms. The summed E-state index contributed by atoms with van der Waals surface area (Å²) in [5.74, 6) is -5.09. The van der Waals surface area contributed by atoms with Crippen molar-refractivity contribution in [2.75, 3.05) is 7.11 Å². The van der Waals surface area contributed by atoms with Crippen LogP contribution in [-0.2, 0) is 4.74 Å². The lowest BCUT2D eigenvalue weighted by molar-refractivity contribution is 0.0587. The molecule has 1 heterocycles. The second kappa shape index (κ2) is 4.60. The number of halogens is 2. The molecule has 0 radical (unpaired) electrons. The van der Waals surface area contributed by atoms with Gasteiger partial charge in [-0.1, -0.05) is 0 Å². The minimum absolute atomic E-state index is 0.140. The van der Waals surface area contributed by atoms with E-state index in [0.29, 0.717) is 0 Å². The Bertz CT molecular complexity index is 700. The summed E-state index contributed by atoms with van der Waals surface area (Å²) >= 11 is 0. The maximum Gasteiger partial charge on any atom is 0.359 e. The first kappa shape index (κ1) is 12.9. The fourth-order valence-corrected chi connectivity index (χ4v) is 1.57. The Morgan fingerprint density at radius 3 is 2.53 bits per heavy atom.